The van der Waals surface area contributed by atoms with E-state index in [0.717, 1.165) is 12.0 Å². The van der Waals surface area contributed by atoms with Gasteiger partial charge in [-0.3, -0.25) is 0 Å². The van der Waals surface area contributed by atoms with Gasteiger partial charge in [0.25, 0.3) is 0 Å². The molecule has 2 aromatic carbocycles. The van der Waals surface area contributed by atoms with Gasteiger partial charge < -0.3 is 5.11 Å². The molecule has 0 aliphatic carbocycles. The summed E-state index contributed by atoms with van der Waals surface area (Å²) >= 11 is 0. The fourth-order valence-electron chi connectivity index (χ4n) is 2.91. The van der Waals surface area contributed by atoms with E-state index in [-0.39, 0.29) is 5.92 Å². The highest BCUT2D eigenvalue weighted by atomic mass is 16.3. The minimum Gasteiger partial charge on any atom is -0.385 e. The molecule has 0 fully saturated rings. The molecule has 0 heterocycles. The minimum absolute atomic E-state index is 0.126. The zero-order valence-corrected chi connectivity index (χ0v) is 11.7. The van der Waals surface area contributed by atoms with Crippen LogP contribution in [0, 0.1) is 0 Å². The number of rotatable bonds is 5. The third-order valence-electron chi connectivity index (χ3n) is 4.00. The SMILES string of the molecule is CC[C@@H](c1ccccc1)[C@@](O)(CC)c1ccccc1. The van der Waals surface area contributed by atoms with Gasteiger partial charge in [0.2, 0.25) is 0 Å². The van der Waals surface area contributed by atoms with Crippen molar-refractivity contribution in [3.05, 3.63) is 71.8 Å². The van der Waals surface area contributed by atoms with Gasteiger partial charge in [-0.1, -0.05) is 74.5 Å². The van der Waals surface area contributed by atoms with E-state index < -0.39 is 5.60 Å². The van der Waals surface area contributed by atoms with Crippen molar-refractivity contribution in [1.29, 1.82) is 0 Å². The Bertz CT molecular complexity index is 492. The topological polar surface area (TPSA) is 20.2 Å². The molecule has 1 nitrogen and oxygen atoms in total. The Morgan fingerprint density at radius 3 is 1.89 bits per heavy atom. The maximum atomic E-state index is 11.2. The van der Waals surface area contributed by atoms with Crippen molar-refractivity contribution >= 4 is 0 Å². The van der Waals surface area contributed by atoms with Crippen LogP contribution >= 0.6 is 0 Å². The summed E-state index contributed by atoms with van der Waals surface area (Å²) in [6.07, 6.45) is 1.63. The Morgan fingerprint density at radius 2 is 1.42 bits per heavy atom. The Labute approximate surface area is 115 Å². The molecule has 0 aliphatic heterocycles. The van der Waals surface area contributed by atoms with Crippen molar-refractivity contribution in [2.75, 3.05) is 0 Å². The fourth-order valence-corrected chi connectivity index (χ4v) is 2.91. The lowest BCUT2D eigenvalue weighted by Gasteiger charge is -2.36. The van der Waals surface area contributed by atoms with Crippen LogP contribution in [0.5, 0.6) is 0 Å². The molecule has 0 spiro atoms. The van der Waals surface area contributed by atoms with Crippen LogP contribution in [0.3, 0.4) is 0 Å². The van der Waals surface area contributed by atoms with Gasteiger partial charge in [0.15, 0.2) is 0 Å². The lowest BCUT2D eigenvalue weighted by molar-refractivity contribution is 0.00148. The molecular weight excluding hydrogens is 232 g/mol. The molecular formula is C18H22O. The molecule has 2 atom stereocenters. The van der Waals surface area contributed by atoms with Crippen LogP contribution in [-0.4, -0.2) is 5.11 Å². The summed E-state index contributed by atoms with van der Waals surface area (Å²) in [7, 11) is 0. The van der Waals surface area contributed by atoms with E-state index in [9.17, 15) is 5.11 Å². The second-order valence-corrected chi connectivity index (χ2v) is 5.02. The van der Waals surface area contributed by atoms with Crippen LogP contribution in [-0.2, 0) is 5.60 Å². The molecule has 0 aliphatic rings. The van der Waals surface area contributed by atoms with Crippen molar-refractivity contribution in [3.8, 4) is 0 Å². The Hall–Kier alpha value is -1.60. The first-order valence-corrected chi connectivity index (χ1v) is 7.05. The summed E-state index contributed by atoms with van der Waals surface area (Å²) < 4.78 is 0. The highest BCUT2D eigenvalue weighted by molar-refractivity contribution is 5.31. The Kier molecular flexibility index (Phi) is 4.39. The van der Waals surface area contributed by atoms with Gasteiger partial charge in [-0.05, 0) is 24.0 Å². The highest BCUT2D eigenvalue weighted by Gasteiger charge is 2.36. The van der Waals surface area contributed by atoms with Crippen molar-refractivity contribution in [2.24, 2.45) is 0 Å². The van der Waals surface area contributed by atoms with Gasteiger partial charge in [0.05, 0.1) is 5.60 Å². The van der Waals surface area contributed by atoms with Crippen LogP contribution in [0.1, 0.15) is 43.7 Å². The zero-order valence-electron chi connectivity index (χ0n) is 11.7. The molecule has 0 amide bonds. The average molecular weight is 254 g/mol. The Morgan fingerprint density at radius 1 is 0.895 bits per heavy atom. The fraction of sp³-hybridized carbons (Fsp3) is 0.333. The molecule has 1 N–H and O–H groups in total. The second-order valence-electron chi connectivity index (χ2n) is 5.02. The van der Waals surface area contributed by atoms with Crippen LogP contribution in [0.2, 0.25) is 0 Å². The first-order valence-electron chi connectivity index (χ1n) is 7.05. The lowest BCUT2D eigenvalue weighted by atomic mass is 9.74. The number of aliphatic hydroxyl groups is 1. The predicted octanol–water partition coefficient (Wildman–Crippen LogP) is 4.48. The van der Waals surface area contributed by atoms with Gasteiger partial charge in [-0.15, -0.1) is 0 Å². The molecule has 2 rings (SSSR count). The second kappa shape index (κ2) is 6.03. The first-order chi connectivity index (χ1) is 9.22. The normalized spacial score (nSPS) is 15.7. The van der Waals surface area contributed by atoms with E-state index in [1.54, 1.807) is 0 Å². The lowest BCUT2D eigenvalue weighted by Crippen LogP contribution is -2.32. The van der Waals surface area contributed by atoms with Gasteiger partial charge in [-0.25, -0.2) is 0 Å². The van der Waals surface area contributed by atoms with Gasteiger partial charge in [-0.2, -0.15) is 0 Å². The third-order valence-corrected chi connectivity index (χ3v) is 4.00. The van der Waals surface area contributed by atoms with Crippen molar-refractivity contribution in [2.45, 2.75) is 38.2 Å². The number of benzene rings is 2. The maximum Gasteiger partial charge on any atom is 0.0962 e. The van der Waals surface area contributed by atoms with E-state index in [1.165, 1.54) is 5.56 Å². The average Bonchev–Trinajstić information content (AvgIpc) is 2.49. The van der Waals surface area contributed by atoms with Gasteiger partial charge in [0.1, 0.15) is 0 Å². The minimum atomic E-state index is -0.794. The summed E-state index contributed by atoms with van der Waals surface area (Å²) in [5, 5.41) is 11.2. The molecule has 0 bridgehead atoms. The van der Waals surface area contributed by atoms with E-state index in [2.05, 4.69) is 26.0 Å². The molecule has 2 aromatic rings. The molecule has 1 heteroatoms. The summed E-state index contributed by atoms with van der Waals surface area (Å²) in [5.41, 5.74) is 1.42. The summed E-state index contributed by atoms with van der Waals surface area (Å²) in [6, 6.07) is 20.3. The molecule has 100 valence electrons. The van der Waals surface area contributed by atoms with Gasteiger partial charge >= 0.3 is 0 Å². The number of hydrogen-bond acceptors (Lipinski definition) is 1. The predicted molar refractivity (Wildman–Crippen MR) is 80.1 cm³/mol. The summed E-state index contributed by atoms with van der Waals surface area (Å²) in [6.45, 7) is 4.19. The summed E-state index contributed by atoms with van der Waals surface area (Å²) in [5.74, 6) is 0.126. The van der Waals surface area contributed by atoms with E-state index in [0.29, 0.717) is 6.42 Å². The van der Waals surface area contributed by atoms with Crippen LogP contribution in [0.15, 0.2) is 60.7 Å². The highest BCUT2D eigenvalue weighted by Crippen LogP contribution is 2.41. The Balaban J connectivity index is 2.44. The van der Waals surface area contributed by atoms with Gasteiger partial charge in [0, 0.05) is 5.92 Å². The molecule has 0 saturated heterocycles. The molecule has 0 saturated carbocycles. The quantitative estimate of drug-likeness (QED) is 0.834. The third kappa shape index (κ3) is 2.71. The van der Waals surface area contributed by atoms with Crippen LogP contribution in [0.25, 0.3) is 0 Å². The van der Waals surface area contributed by atoms with Crippen molar-refractivity contribution in [1.82, 2.24) is 0 Å². The van der Waals surface area contributed by atoms with E-state index in [4.69, 9.17) is 0 Å². The molecule has 0 radical (unpaired) electrons. The summed E-state index contributed by atoms with van der Waals surface area (Å²) in [4.78, 5) is 0. The molecule has 0 unspecified atom stereocenters. The molecule has 0 aromatic heterocycles. The van der Waals surface area contributed by atoms with E-state index >= 15 is 0 Å². The van der Waals surface area contributed by atoms with Crippen molar-refractivity contribution < 1.29 is 5.11 Å². The van der Waals surface area contributed by atoms with Crippen LogP contribution < -0.4 is 0 Å². The maximum absolute atomic E-state index is 11.2. The number of hydrogen-bond donors (Lipinski definition) is 1. The monoisotopic (exact) mass is 254 g/mol. The largest absolute Gasteiger partial charge is 0.385 e. The zero-order chi connectivity index (χ0) is 13.7. The first kappa shape index (κ1) is 13.8. The van der Waals surface area contributed by atoms with Crippen molar-refractivity contribution in [3.63, 3.8) is 0 Å². The van der Waals surface area contributed by atoms with E-state index in [1.807, 2.05) is 48.5 Å². The standard InChI is InChI=1S/C18H22O/c1-3-17(15-11-7-5-8-12-15)18(19,4-2)16-13-9-6-10-14-16/h5-14,17,19H,3-4H2,1-2H3/t17-,18+/m0/s1. The van der Waals surface area contributed by atoms with Crippen LogP contribution in [0.4, 0.5) is 0 Å². The molecule has 19 heavy (non-hydrogen) atoms. The smallest absolute Gasteiger partial charge is 0.0962 e.